The molecule has 3 N–H and O–H groups in total. The van der Waals surface area contributed by atoms with Gasteiger partial charge in [0.25, 0.3) is 0 Å². The third-order valence-electron chi connectivity index (χ3n) is 3.63. The van der Waals surface area contributed by atoms with Crippen molar-refractivity contribution >= 4 is 29.0 Å². The topological polar surface area (TPSA) is 75.4 Å². The monoisotopic (exact) mass is 299 g/mol. The van der Waals surface area contributed by atoms with E-state index in [1.165, 1.54) is 6.42 Å². The van der Waals surface area contributed by atoms with Crippen LogP contribution in [0.1, 0.15) is 46.0 Å². The number of carbonyl (C=O) groups excluding carboxylic acids is 2. The molecule has 1 heterocycles. The third-order valence-corrected chi connectivity index (χ3v) is 3.92. The summed E-state index contributed by atoms with van der Waals surface area (Å²) in [5.41, 5.74) is 5.59. The van der Waals surface area contributed by atoms with Crippen molar-refractivity contribution in [2.45, 2.75) is 52.0 Å². The largest absolute Gasteiger partial charge is 0.393 e. The Morgan fingerprint density at radius 2 is 1.90 bits per heavy atom. The highest BCUT2D eigenvalue weighted by Crippen LogP contribution is 2.11. The van der Waals surface area contributed by atoms with Crippen LogP contribution < -0.4 is 11.1 Å². The van der Waals surface area contributed by atoms with Crippen LogP contribution in [-0.2, 0) is 9.59 Å². The maximum Gasteiger partial charge on any atom is 0.244 e. The molecule has 0 aromatic carbocycles. The number of likely N-dealkylation sites (tertiary alicyclic amines) is 1. The van der Waals surface area contributed by atoms with Gasteiger partial charge in [-0.3, -0.25) is 9.59 Å². The molecule has 1 aliphatic rings. The Labute approximate surface area is 126 Å². The molecule has 0 saturated carbocycles. The summed E-state index contributed by atoms with van der Waals surface area (Å²) in [6.45, 7) is 5.26. The fourth-order valence-corrected chi connectivity index (χ4v) is 2.68. The second-order valence-electron chi connectivity index (χ2n) is 5.36. The first-order valence-electron chi connectivity index (χ1n) is 7.35. The van der Waals surface area contributed by atoms with Gasteiger partial charge >= 0.3 is 0 Å². The van der Waals surface area contributed by atoms with Gasteiger partial charge in [0.2, 0.25) is 11.8 Å². The van der Waals surface area contributed by atoms with Gasteiger partial charge in [-0.15, -0.1) is 0 Å². The SMILES string of the molecule is CCCC(C(=O)NC(C)C(=O)N1CCCCC1)C(N)=S. The van der Waals surface area contributed by atoms with Crippen LogP contribution in [0.15, 0.2) is 0 Å². The van der Waals surface area contributed by atoms with E-state index >= 15 is 0 Å². The van der Waals surface area contributed by atoms with Crippen molar-refractivity contribution in [1.82, 2.24) is 10.2 Å². The van der Waals surface area contributed by atoms with Crippen molar-refractivity contribution in [2.24, 2.45) is 11.7 Å². The fraction of sp³-hybridized carbons (Fsp3) is 0.786. The van der Waals surface area contributed by atoms with E-state index in [2.05, 4.69) is 5.32 Å². The van der Waals surface area contributed by atoms with Crippen LogP contribution >= 0.6 is 12.2 Å². The molecule has 0 bridgehead atoms. The Morgan fingerprint density at radius 1 is 1.30 bits per heavy atom. The number of hydrogen-bond acceptors (Lipinski definition) is 3. The van der Waals surface area contributed by atoms with Gasteiger partial charge in [-0.1, -0.05) is 25.6 Å². The van der Waals surface area contributed by atoms with Crippen LogP contribution in [0.2, 0.25) is 0 Å². The van der Waals surface area contributed by atoms with Gasteiger partial charge in [0.15, 0.2) is 0 Å². The number of nitrogens with zero attached hydrogens (tertiary/aromatic N) is 1. The number of rotatable bonds is 6. The molecule has 5 nitrogen and oxygen atoms in total. The van der Waals surface area contributed by atoms with Crippen molar-refractivity contribution in [2.75, 3.05) is 13.1 Å². The van der Waals surface area contributed by atoms with Gasteiger partial charge in [-0.05, 0) is 32.6 Å². The van der Waals surface area contributed by atoms with E-state index in [0.717, 1.165) is 32.4 Å². The number of carbonyl (C=O) groups is 2. The average Bonchev–Trinajstić information content (AvgIpc) is 2.44. The molecule has 1 saturated heterocycles. The van der Waals surface area contributed by atoms with Crippen LogP contribution in [0, 0.1) is 5.92 Å². The van der Waals surface area contributed by atoms with E-state index in [1.807, 2.05) is 11.8 Å². The first-order chi connectivity index (χ1) is 9.47. The van der Waals surface area contributed by atoms with E-state index < -0.39 is 12.0 Å². The molecule has 1 rings (SSSR count). The van der Waals surface area contributed by atoms with E-state index in [9.17, 15) is 9.59 Å². The number of thiocarbonyl (C=S) groups is 1. The zero-order valence-electron chi connectivity index (χ0n) is 12.4. The molecule has 1 fully saturated rings. The summed E-state index contributed by atoms with van der Waals surface area (Å²) in [4.78, 5) is 26.4. The predicted molar refractivity (Wildman–Crippen MR) is 83.2 cm³/mol. The second-order valence-corrected chi connectivity index (χ2v) is 5.83. The van der Waals surface area contributed by atoms with Crippen molar-refractivity contribution in [3.8, 4) is 0 Å². The molecule has 2 atom stereocenters. The third kappa shape index (κ3) is 4.74. The van der Waals surface area contributed by atoms with Gasteiger partial charge < -0.3 is 16.0 Å². The molecule has 0 aliphatic carbocycles. The van der Waals surface area contributed by atoms with Crippen molar-refractivity contribution < 1.29 is 9.59 Å². The first kappa shape index (κ1) is 16.9. The van der Waals surface area contributed by atoms with Gasteiger partial charge in [0, 0.05) is 13.1 Å². The summed E-state index contributed by atoms with van der Waals surface area (Å²) in [7, 11) is 0. The lowest BCUT2D eigenvalue weighted by atomic mass is 10.0. The van der Waals surface area contributed by atoms with E-state index in [-0.39, 0.29) is 16.8 Å². The highest BCUT2D eigenvalue weighted by molar-refractivity contribution is 7.80. The average molecular weight is 299 g/mol. The molecule has 114 valence electrons. The molecule has 0 radical (unpaired) electrons. The quantitative estimate of drug-likeness (QED) is 0.723. The van der Waals surface area contributed by atoms with Gasteiger partial charge in [-0.25, -0.2) is 0 Å². The lowest BCUT2D eigenvalue weighted by molar-refractivity contribution is -0.137. The Morgan fingerprint density at radius 3 is 2.40 bits per heavy atom. The summed E-state index contributed by atoms with van der Waals surface area (Å²) >= 11 is 4.92. The predicted octanol–water partition coefficient (Wildman–Crippen LogP) is 1.21. The van der Waals surface area contributed by atoms with E-state index in [0.29, 0.717) is 6.42 Å². The van der Waals surface area contributed by atoms with Gasteiger partial charge in [0.1, 0.15) is 6.04 Å². The summed E-state index contributed by atoms with van der Waals surface area (Å²) in [6.07, 6.45) is 4.69. The fourth-order valence-electron chi connectivity index (χ4n) is 2.46. The second kappa shape index (κ2) is 8.19. The Hall–Kier alpha value is -1.17. The van der Waals surface area contributed by atoms with Gasteiger partial charge in [-0.2, -0.15) is 0 Å². The molecule has 0 aromatic rings. The van der Waals surface area contributed by atoms with E-state index in [1.54, 1.807) is 6.92 Å². The molecule has 6 heteroatoms. The Bertz CT molecular complexity index is 367. The van der Waals surface area contributed by atoms with E-state index in [4.69, 9.17) is 18.0 Å². The van der Waals surface area contributed by atoms with Crippen LogP contribution in [0.4, 0.5) is 0 Å². The maximum absolute atomic E-state index is 12.2. The summed E-state index contributed by atoms with van der Waals surface area (Å²) in [5, 5.41) is 2.75. The van der Waals surface area contributed by atoms with Crippen molar-refractivity contribution in [3.05, 3.63) is 0 Å². The normalized spacial score (nSPS) is 18.2. The zero-order valence-corrected chi connectivity index (χ0v) is 13.2. The lowest BCUT2D eigenvalue weighted by Crippen LogP contribution is -2.50. The molecule has 1 aliphatic heterocycles. The molecule has 0 spiro atoms. The summed E-state index contributed by atoms with van der Waals surface area (Å²) in [5.74, 6) is -0.736. The molecule has 2 amide bonds. The van der Waals surface area contributed by atoms with Crippen molar-refractivity contribution in [1.29, 1.82) is 0 Å². The minimum absolute atomic E-state index is 0.0174. The highest BCUT2D eigenvalue weighted by Gasteiger charge is 2.27. The molecular formula is C14H25N3O2S. The zero-order chi connectivity index (χ0) is 15.1. The minimum atomic E-state index is -0.519. The molecule has 2 unspecified atom stereocenters. The van der Waals surface area contributed by atoms with Crippen LogP contribution in [0.5, 0.6) is 0 Å². The standard InChI is InChI=1S/C14H25N3O2S/c1-3-7-11(12(15)20)13(18)16-10(2)14(19)17-8-5-4-6-9-17/h10-11H,3-9H2,1-2H3,(H2,15,20)(H,16,18). The minimum Gasteiger partial charge on any atom is -0.393 e. The molecular weight excluding hydrogens is 274 g/mol. The number of nitrogens with two attached hydrogens (primary N) is 1. The van der Waals surface area contributed by atoms with Crippen LogP contribution in [0.3, 0.4) is 0 Å². The lowest BCUT2D eigenvalue weighted by Gasteiger charge is -2.30. The van der Waals surface area contributed by atoms with Gasteiger partial charge in [0.05, 0.1) is 10.9 Å². The number of amides is 2. The number of nitrogens with one attached hydrogen (secondary N) is 1. The molecule has 20 heavy (non-hydrogen) atoms. The van der Waals surface area contributed by atoms with Crippen LogP contribution in [0.25, 0.3) is 0 Å². The number of hydrogen-bond donors (Lipinski definition) is 2. The van der Waals surface area contributed by atoms with Crippen LogP contribution in [-0.4, -0.2) is 40.8 Å². The maximum atomic E-state index is 12.2. The Balaban J connectivity index is 2.54. The molecule has 0 aromatic heterocycles. The van der Waals surface area contributed by atoms with Crippen molar-refractivity contribution in [3.63, 3.8) is 0 Å². The first-order valence-corrected chi connectivity index (χ1v) is 7.76. The summed E-state index contributed by atoms with van der Waals surface area (Å²) < 4.78 is 0. The smallest absolute Gasteiger partial charge is 0.244 e. The highest BCUT2D eigenvalue weighted by atomic mass is 32.1. The number of piperidine rings is 1. The Kier molecular flexibility index (Phi) is 6.91. The summed E-state index contributed by atoms with van der Waals surface area (Å²) in [6, 6.07) is -0.519.